The molecule has 1 saturated heterocycles. The van der Waals surface area contributed by atoms with Gasteiger partial charge in [0.1, 0.15) is 6.04 Å². The number of halogens is 1. The molecule has 2 amide bonds. The Labute approximate surface area is 130 Å². The minimum atomic E-state index is -1.11. The number of aliphatic hydroxyl groups is 1. The Hall–Kier alpha value is -1.60. The zero-order chi connectivity index (χ0) is 15.7. The van der Waals surface area contributed by atoms with Crippen molar-refractivity contribution in [1.29, 1.82) is 0 Å². The van der Waals surface area contributed by atoms with Gasteiger partial charge in [-0.05, 0) is 37.1 Å². The number of β-amino-alcohol motifs (C(OH)–C–C–N with tert-alkyl or cyclic N) is 1. The van der Waals surface area contributed by atoms with Crippen molar-refractivity contribution >= 4 is 33.6 Å². The summed E-state index contributed by atoms with van der Waals surface area (Å²) in [5.41, 5.74) is 2.41. The molecule has 0 radical (unpaired) electrons. The van der Waals surface area contributed by atoms with Crippen LogP contribution in [-0.2, 0) is 4.79 Å². The number of hydrogen-bond acceptors (Lipinski definition) is 3. The van der Waals surface area contributed by atoms with Gasteiger partial charge in [0, 0.05) is 23.1 Å². The zero-order valence-corrected chi connectivity index (χ0v) is 13.3. The molecule has 1 aromatic carbocycles. The molecule has 0 aliphatic carbocycles. The summed E-state index contributed by atoms with van der Waals surface area (Å²) in [5, 5.41) is 21.5. The van der Waals surface area contributed by atoms with Crippen molar-refractivity contribution in [2.45, 2.75) is 32.4 Å². The van der Waals surface area contributed by atoms with Gasteiger partial charge in [-0.1, -0.05) is 15.9 Å². The highest BCUT2D eigenvalue weighted by Crippen LogP contribution is 2.26. The van der Waals surface area contributed by atoms with Crippen LogP contribution in [0.15, 0.2) is 16.6 Å². The average Bonchev–Trinajstić information content (AvgIpc) is 2.76. The number of aliphatic hydroxyl groups excluding tert-OH is 1. The molecule has 2 atom stereocenters. The maximum absolute atomic E-state index is 12.3. The summed E-state index contributed by atoms with van der Waals surface area (Å²) < 4.78 is 0.913. The van der Waals surface area contributed by atoms with Crippen molar-refractivity contribution in [3.05, 3.63) is 27.7 Å². The van der Waals surface area contributed by atoms with E-state index in [1.165, 1.54) is 0 Å². The third-order valence-electron chi connectivity index (χ3n) is 3.55. The number of benzene rings is 1. The number of likely N-dealkylation sites (tertiary alicyclic amines) is 1. The van der Waals surface area contributed by atoms with Crippen molar-refractivity contribution in [2.75, 3.05) is 11.9 Å². The highest BCUT2D eigenvalue weighted by atomic mass is 79.9. The summed E-state index contributed by atoms with van der Waals surface area (Å²) >= 11 is 3.38. The Morgan fingerprint density at radius 2 is 1.90 bits per heavy atom. The molecule has 1 heterocycles. The molecular formula is C14H17BrN2O4. The second-order valence-corrected chi connectivity index (χ2v) is 6.16. The molecule has 0 aromatic heterocycles. The fourth-order valence-electron chi connectivity index (χ4n) is 2.56. The van der Waals surface area contributed by atoms with Crippen molar-refractivity contribution < 1.29 is 19.8 Å². The molecular weight excluding hydrogens is 340 g/mol. The Morgan fingerprint density at radius 3 is 2.43 bits per heavy atom. The first-order valence-corrected chi connectivity index (χ1v) is 7.34. The van der Waals surface area contributed by atoms with Gasteiger partial charge in [-0.25, -0.2) is 9.59 Å². The van der Waals surface area contributed by atoms with E-state index in [1.54, 1.807) is 0 Å². The smallest absolute Gasteiger partial charge is 0.326 e. The Morgan fingerprint density at radius 1 is 1.33 bits per heavy atom. The quantitative estimate of drug-likeness (QED) is 0.756. The molecule has 1 fully saturated rings. The van der Waals surface area contributed by atoms with E-state index in [2.05, 4.69) is 21.2 Å². The SMILES string of the molecule is Cc1cc(Br)cc(C)c1NC(=O)N1CC(O)CC1C(=O)O. The molecule has 0 spiro atoms. The minimum absolute atomic E-state index is 0.0252. The van der Waals surface area contributed by atoms with Gasteiger partial charge >= 0.3 is 12.0 Å². The molecule has 2 rings (SSSR count). The standard InChI is InChI=1S/C14H17BrN2O4/c1-7-3-9(15)4-8(2)12(7)16-14(21)17-6-10(18)5-11(17)13(19)20/h3-4,10-11,18H,5-6H2,1-2H3,(H,16,21)(H,19,20). The normalized spacial score (nSPS) is 21.4. The number of hydrogen-bond donors (Lipinski definition) is 3. The lowest BCUT2D eigenvalue weighted by molar-refractivity contribution is -0.141. The van der Waals surface area contributed by atoms with Crippen LogP contribution < -0.4 is 5.32 Å². The van der Waals surface area contributed by atoms with Gasteiger partial charge in [-0.2, -0.15) is 0 Å². The molecule has 0 bridgehead atoms. The lowest BCUT2D eigenvalue weighted by Gasteiger charge is -2.23. The second kappa shape index (κ2) is 6.03. The maximum atomic E-state index is 12.3. The monoisotopic (exact) mass is 356 g/mol. The summed E-state index contributed by atoms with van der Waals surface area (Å²) in [6.07, 6.45) is -0.745. The van der Waals surface area contributed by atoms with Crippen LogP contribution in [0.25, 0.3) is 0 Å². The summed E-state index contributed by atoms with van der Waals surface area (Å²) in [6.45, 7) is 3.75. The minimum Gasteiger partial charge on any atom is -0.480 e. The van der Waals surface area contributed by atoms with Gasteiger partial charge in [-0.3, -0.25) is 0 Å². The van der Waals surface area contributed by atoms with Crippen LogP contribution in [0.4, 0.5) is 10.5 Å². The molecule has 21 heavy (non-hydrogen) atoms. The van der Waals surface area contributed by atoms with Gasteiger partial charge in [0.05, 0.1) is 6.10 Å². The predicted octanol–water partition coefficient (Wildman–Crippen LogP) is 2.12. The summed E-state index contributed by atoms with van der Waals surface area (Å²) in [5.74, 6) is -1.11. The first-order valence-electron chi connectivity index (χ1n) is 6.55. The molecule has 1 aromatic rings. The molecule has 6 nitrogen and oxygen atoms in total. The number of carboxylic acids is 1. The number of carbonyl (C=O) groups is 2. The number of anilines is 1. The second-order valence-electron chi connectivity index (χ2n) is 5.24. The van der Waals surface area contributed by atoms with Crippen molar-refractivity contribution in [3.8, 4) is 0 Å². The van der Waals surface area contributed by atoms with Crippen molar-refractivity contribution in [1.82, 2.24) is 4.90 Å². The number of urea groups is 1. The number of carbonyl (C=O) groups excluding carboxylic acids is 1. The summed E-state index contributed by atoms with van der Waals surface area (Å²) in [7, 11) is 0. The Bertz CT molecular complexity index is 567. The van der Waals surface area contributed by atoms with E-state index >= 15 is 0 Å². The molecule has 0 saturated carbocycles. The largest absolute Gasteiger partial charge is 0.480 e. The van der Waals surface area contributed by atoms with Gasteiger partial charge in [-0.15, -0.1) is 0 Å². The van der Waals surface area contributed by atoms with Gasteiger partial charge in [0.15, 0.2) is 0 Å². The molecule has 3 N–H and O–H groups in total. The number of nitrogens with zero attached hydrogens (tertiary/aromatic N) is 1. The Balaban J connectivity index is 2.20. The number of aliphatic carboxylic acids is 1. The van der Waals surface area contributed by atoms with Crippen LogP contribution in [0.3, 0.4) is 0 Å². The van der Waals surface area contributed by atoms with E-state index in [4.69, 9.17) is 5.11 Å². The van der Waals surface area contributed by atoms with E-state index in [-0.39, 0.29) is 13.0 Å². The number of aryl methyl sites for hydroxylation is 2. The van der Waals surface area contributed by atoms with E-state index in [0.717, 1.165) is 20.5 Å². The van der Waals surface area contributed by atoms with Crippen LogP contribution in [0.1, 0.15) is 17.5 Å². The predicted molar refractivity (Wildman–Crippen MR) is 81.4 cm³/mol. The van der Waals surface area contributed by atoms with Crippen LogP contribution in [0.2, 0.25) is 0 Å². The number of nitrogens with one attached hydrogen (secondary N) is 1. The summed E-state index contributed by atoms with van der Waals surface area (Å²) in [6, 6.07) is 2.25. The molecule has 1 aliphatic heterocycles. The highest BCUT2D eigenvalue weighted by Gasteiger charge is 2.39. The summed E-state index contributed by atoms with van der Waals surface area (Å²) in [4.78, 5) is 24.6. The zero-order valence-electron chi connectivity index (χ0n) is 11.8. The van der Waals surface area contributed by atoms with E-state index in [0.29, 0.717) is 5.69 Å². The molecule has 7 heteroatoms. The van der Waals surface area contributed by atoms with Crippen molar-refractivity contribution in [3.63, 3.8) is 0 Å². The topological polar surface area (TPSA) is 89.9 Å². The lowest BCUT2D eigenvalue weighted by Crippen LogP contribution is -2.43. The van der Waals surface area contributed by atoms with Gasteiger partial charge in [0.2, 0.25) is 0 Å². The first kappa shape index (κ1) is 15.8. The van der Waals surface area contributed by atoms with Crippen molar-refractivity contribution in [2.24, 2.45) is 0 Å². The average molecular weight is 357 g/mol. The highest BCUT2D eigenvalue weighted by molar-refractivity contribution is 9.10. The molecule has 1 aliphatic rings. The fourth-order valence-corrected chi connectivity index (χ4v) is 3.25. The number of carboxylic acid groups (broad SMARTS) is 1. The fraction of sp³-hybridized carbons (Fsp3) is 0.429. The molecule has 2 unspecified atom stereocenters. The van der Waals surface area contributed by atoms with E-state index in [1.807, 2.05) is 26.0 Å². The van der Waals surface area contributed by atoms with Crippen LogP contribution in [0, 0.1) is 13.8 Å². The Kier molecular flexibility index (Phi) is 4.53. The molecule has 114 valence electrons. The van der Waals surface area contributed by atoms with Gasteiger partial charge in [0.25, 0.3) is 0 Å². The lowest BCUT2D eigenvalue weighted by atomic mass is 10.1. The van der Waals surface area contributed by atoms with Crippen LogP contribution in [-0.4, -0.2) is 45.8 Å². The number of amides is 2. The van der Waals surface area contributed by atoms with Gasteiger partial charge < -0.3 is 20.4 Å². The first-order chi connectivity index (χ1) is 9.79. The van der Waals surface area contributed by atoms with Crippen LogP contribution >= 0.6 is 15.9 Å². The number of rotatable bonds is 2. The van der Waals surface area contributed by atoms with Crippen LogP contribution in [0.5, 0.6) is 0 Å². The third kappa shape index (κ3) is 3.36. The van der Waals surface area contributed by atoms with E-state index in [9.17, 15) is 14.7 Å². The maximum Gasteiger partial charge on any atom is 0.326 e. The van der Waals surface area contributed by atoms with E-state index < -0.39 is 24.1 Å². The third-order valence-corrected chi connectivity index (χ3v) is 4.01.